The third-order valence-corrected chi connectivity index (χ3v) is 3.85. The summed E-state index contributed by atoms with van der Waals surface area (Å²) in [6, 6.07) is 6.58. The van der Waals surface area contributed by atoms with Gasteiger partial charge in [0.15, 0.2) is 6.10 Å². The van der Waals surface area contributed by atoms with Gasteiger partial charge in [0.05, 0.1) is 0 Å². The fourth-order valence-corrected chi connectivity index (χ4v) is 2.25. The van der Waals surface area contributed by atoms with E-state index in [2.05, 4.69) is 13.8 Å². The molecule has 0 aliphatic carbocycles. The Kier molecular flexibility index (Phi) is 8.70. The Bertz CT molecular complexity index is 493. The molecule has 128 valence electrons. The van der Waals surface area contributed by atoms with Gasteiger partial charge in [0.25, 0.3) is 0 Å². The number of ketones is 1. The fraction of sp³-hybridized carbons (Fsp3) is 0.556. The van der Waals surface area contributed by atoms with E-state index < -0.39 is 12.2 Å². The summed E-state index contributed by atoms with van der Waals surface area (Å²) in [6.07, 6.45) is 2.65. The van der Waals surface area contributed by atoms with Crippen molar-refractivity contribution < 1.29 is 14.3 Å². The molecule has 0 bridgehead atoms. The number of benzene rings is 1. The normalized spacial score (nSPS) is 11.8. The minimum atomic E-state index is -0.811. The molecule has 0 aliphatic heterocycles. The highest BCUT2D eigenvalue weighted by atomic mass is 35.5. The van der Waals surface area contributed by atoms with E-state index in [9.17, 15) is 9.59 Å². The highest BCUT2D eigenvalue weighted by Crippen LogP contribution is 2.13. The van der Waals surface area contributed by atoms with Crippen LogP contribution < -0.4 is 0 Å². The molecule has 0 fully saturated rings. The molecule has 1 amide bonds. The minimum Gasteiger partial charge on any atom is -0.438 e. The van der Waals surface area contributed by atoms with Crippen LogP contribution in [0.1, 0.15) is 56.8 Å². The van der Waals surface area contributed by atoms with Crippen LogP contribution in [0.25, 0.3) is 0 Å². The molecule has 0 saturated heterocycles. The molecule has 1 unspecified atom stereocenters. The van der Waals surface area contributed by atoms with Gasteiger partial charge < -0.3 is 9.64 Å². The summed E-state index contributed by atoms with van der Waals surface area (Å²) in [5.74, 6) is -0.221. The maximum Gasteiger partial charge on any atom is 0.410 e. The third-order valence-electron chi connectivity index (χ3n) is 3.60. The molecule has 0 radical (unpaired) electrons. The van der Waals surface area contributed by atoms with Crippen LogP contribution in [0.15, 0.2) is 24.3 Å². The SMILES string of the molecule is CCCCN(CCCC)C(=O)OC(C)C(=O)c1ccc(Cl)cc1. The first-order valence-electron chi connectivity index (χ1n) is 8.24. The van der Waals surface area contributed by atoms with Crippen molar-refractivity contribution in [3.8, 4) is 0 Å². The maximum atomic E-state index is 12.3. The molecule has 0 spiro atoms. The van der Waals surface area contributed by atoms with Gasteiger partial charge in [0, 0.05) is 23.7 Å². The summed E-state index contributed by atoms with van der Waals surface area (Å²) in [4.78, 5) is 26.3. The van der Waals surface area contributed by atoms with Crippen LogP contribution in [-0.2, 0) is 4.74 Å². The first kappa shape index (κ1) is 19.5. The van der Waals surface area contributed by atoms with Crippen LogP contribution in [0.2, 0.25) is 5.02 Å². The molecule has 0 heterocycles. The van der Waals surface area contributed by atoms with Crippen molar-refractivity contribution in [3.63, 3.8) is 0 Å². The molecule has 0 saturated carbocycles. The van der Waals surface area contributed by atoms with Gasteiger partial charge in [-0.25, -0.2) is 4.79 Å². The monoisotopic (exact) mass is 339 g/mol. The number of nitrogens with zero attached hydrogens (tertiary/aromatic N) is 1. The number of carbonyl (C=O) groups is 2. The predicted octanol–water partition coefficient (Wildman–Crippen LogP) is 4.95. The van der Waals surface area contributed by atoms with Gasteiger partial charge in [-0.1, -0.05) is 38.3 Å². The van der Waals surface area contributed by atoms with Crippen molar-refractivity contribution >= 4 is 23.5 Å². The summed E-state index contributed by atoms with van der Waals surface area (Å²) < 4.78 is 5.36. The van der Waals surface area contributed by atoms with Crippen molar-refractivity contribution in [1.29, 1.82) is 0 Å². The van der Waals surface area contributed by atoms with E-state index in [1.165, 1.54) is 0 Å². The number of unbranched alkanes of at least 4 members (excludes halogenated alkanes) is 2. The van der Waals surface area contributed by atoms with Crippen molar-refractivity contribution in [2.24, 2.45) is 0 Å². The summed E-state index contributed by atoms with van der Waals surface area (Å²) in [7, 11) is 0. The fourth-order valence-electron chi connectivity index (χ4n) is 2.12. The van der Waals surface area contributed by atoms with E-state index in [1.807, 2.05) is 0 Å². The van der Waals surface area contributed by atoms with Gasteiger partial charge in [-0.15, -0.1) is 0 Å². The van der Waals surface area contributed by atoms with Crippen molar-refractivity contribution in [2.75, 3.05) is 13.1 Å². The molecule has 5 heteroatoms. The number of rotatable bonds is 9. The Morgan fingerprint density at radius 1 is 1.09 bits per heavy atom. The smallest absolute Gasteiger partial charge is 0.410 e. The number of hydrogen-bond acceptors (Lipinski definition) is 3. The maximum absolute atomic E-state index is 12.3. The lowest BCUT2D eigenvalue weighted by atomic mass is 10.1. The Morgan fingerprint density at radius 2 is 1.61 bits per heavy atom. The van der Waals surface area contributed by atoms with Crippen LogP contribution in [-0.4, -0.2) is 36.0 Å². The van der Waals surface area contributed by atoms with Gasteiger partial charge in [0.2, 0.25) is 5.78 Å². The summed E-state index contributed by atoms with van der Waals surface area (Å²) in [5, 5.41) is 0.566. The number of hydrogen-bond donors (Lipinski definition) is 0. The van der Waals surface area contributed by atoms with Gasteiger partial charge in [-0.2, -0.15) is 0 Å². The van der Waals surface area contributed by atoms with Crippen LogP contribution in [0.4, 0.5) is 4.79 Å². The Balaban J connectivity index is 2.64. The highest BCUT2D eigenvalue weighted by molar-refractivity contribution is 6.30. The van der Waals surface area contributed by atoms with E-state index in [-0.39, 0.29) is 5.78 Å². The van der Waals surface area contributed by atoms with Crippen molar-refractivity contribution in [2.45, 2.75) is 52.6 Å². The standard InChI is InChI=1S/C18H26ClNO3/c1-4-6-12-20(13-7-5-2)18(22)23-14(3)17(21)15-8-10-16(19)11-9-15/h8-11,14H,4-7,12-13H2,1-3H3. The van der Waals surface area contributed by atoms with Crippen LogP contribution >= 0.6 is 11.6 Å². The lowest BCUT2D eigenvalue weighted by molar-refractivity contribution is 0.0532. The molecule has 23 heavy (non-hydrogen) atoms. The molecule has 1 rings (SSSR count). The first-order valence-corrected chi connectivity index (χ1v) is 8.62. The molecular weight excluding hydrogens is 314 g/mol. The Labute approximate surface area is 143 Å². The van der Waals surface area contributed by atoms with Crippen LogP contribution in [0.3, 0.4) is 0 Å². The van der Waals surface area contributed by atoms with Crippen molar-refractivity contribution in [1.82, 2.24) is 4.90 Å². The number of ether oxygens (including phenoxy) is 1. The van der Waals surface area contributed by atoms with Crippen LogP contribution in [0, 0.1) is 0 Å². The number of amides is 1. The summed E-state index contributed by atoms with van der Waals surface area (Å²) in [5.41, 5.74) is 0.489. The van der Waals surface area contributed by atoms with E-state index in [0.717, 1.165) is 25.7 Å². The van der Waals surface area contributed by atoms with E-state index in [0.29, 0.717) is 23.7 Å². The lowest BCUT2D eigenvalue weighted by Gasteiger charge is -2.23. The van der Waals surface area contributed by atoms with E-state index in [1.54, 1.807) is 36.1 Å². The molecule has 0 N–H and O–H groups in total. The topological polar surface area (TPSA) is 46.6 Å². The predicted molar refractivity (Wildman–Crippen MR) is 93.1 cm³/mol. The quantitative estimate of drug-likeness (QED) is 0.598. The second-order valence-electron chi connectivity index (χ2n) is 5.59. The average molecular weight is 340 g/mol. The van der Waals surface area contributed by atoms with Crippen molar-refractivity contribution in [3.05, 3.63) is 34.9 Å². The first-order chi connectivity index (χ1) is 11.0. The minimum absolute atomic E-state index is 0.221. The van der Waals surface area contributed by atoms with Gasteiger partial charge in [-0.05, 0) is 44.0 Å². The Morgan fingerprint density at radius 3 is 2.09 bits per heavy atom. The van der Waals surface area contributed by atoms with E-state index in [4.69, 9.17) is 16.3 Å². The molecule has 4 nitrogen and oxygen atoms in total. The highest BCUT2D eigenvalue weighted by Gasteiger charge is 2.22. The average Bonchev–Trinajstić information content (AvgIpc) is 2.54. The number of halogens is 1. The van der Waals surface area contributed by atoms with Gasteiger partial charge >= 0.3 is 6.09 Å². The molecule has 0 aliphatic rings. The number of carbonyl (C=O) groups excluding carboxylic acids is 2. The van der Waals surface area contributed by atoms with Crippen LogP contribution in [0.5, 0.6) is 0 Å². The lowest BCUT2D eigenvalue weighted by Crippen LogP contribution is -2.37. The Hall–Kier alpha value is -1.55. The van der Waals surface area contributed by atoms with Gasteiger partial charge in [0.1, 0.15) is 0 Å². The summed E-state index contributed by atoms with van der Waals surface area (Å²) >= 11 is 5.82. The molecule has 1 aromatic carbocycles. The zero-order valence-corrected chi connectivity index (χ0v) is 14.9. The third kappa shape index (κ3) is 6.61. The summed E-state index contributed by atoms with van der Waals surface area (Å²) in [6.45, 7) is 7.09. The zero-order chi connectivity index (χ0) is 17.2. The molecule has 0 aromatic heterocycles. The van der Waals surface area contributed by atoms with E-state index >= 15 is 0 Å². The second kappa shape index (κ2) is 10.3. The molecule has 1 aromatic rings. The molecule has 1 atom stereocenters. The number of Topliss-reactive ketones (excluding diaryl/α,β-unsaturated/α-hetero) is 1. The largest absolute Gasteiger partial charge is 0.438 e. The van der Waals surface area contributed by atoms with Gasteiger partial charge in [-0.3, -0.25) is 4.79 Å². The second-order valence-corrected chi connectivity index (χ2v) is 6.03. The molecular formula is C18H26ClNO3. The zero-order valence-electron chi connectivity index (χ0n) is 14.2.